The van der Waals surface area contributed by atoms with Crippen molar-refractivity contribution in [3.05, 3.63) is 24.2 Å². The molecule has 2 aromatic rings. The Kier molecular flexibility index (Phi) is 4.93. The maximum absolute atomic E-state index is 12.8. The number of sulfonamides is 1. The number of aliphatic hydroxyl groups is 1. The van der Waals surface area contributed by atoms with Crippen LogP contribution in [0, 0.1) is 5.92 Å². The summed E-state index contributed by atoms with van der Waals surface area (Å²) in [5.41, 5.74) is -1.48. The average molecular weight is 383 g/mol. The first-order valence-electron chi connectivity index (χ1n) is 8.70. The van der Waals surface area contributed by atoms with Crippen molar-refractivity contribution < 1.29 is 18.0 Å². The first-order chi connectivity index (χ1) is 12.1. The lowest BCUT2D eigenvalue weighted by atomic mass is 10.0. The third kappa shape index (κ3) is 3.53. The number of imidazole rings is 1. The van der Waals surface area contributed by atoms with Gasteiger partial charge in [-0.2, -0.15) is 9.29 Å². The van der Waals surface area contributed by atoms with Gasteiger partial charge in [-0.25, -0.2) is 13.4 Å². The summed E-state index contributed by atoms with van der Waals surface area (Å²) in [5.74, 6) is 0.984. The minimum atomic E-state index is -3.79. The molecule has 2 aromatic heterocycles. The van der Waals surface area contributed by atoms with Crippen molar-refractivity contribution in [1.29, 1.82) is 0 Å². The predicted octanol–water partition coefficient (Wildman–Crippen LogP) is 1.33. The SMILES string of the molecule is CC(C)Cn1cnc(S(=O)(=O)N2CC[C@@](O)(c3nc(C(C)C)no3)C2)c1. The molecule has 1 fully saturated rings. The average Bonchev–Trinajstić information content (AvgIpc) is 3.25. The maximum atomic E-state index is 12.8. The summed E-state index contributed by atoms with van der Waals surface area (Å²) in [5, 5.41) is 14.7. The Hall–Kier alpha value is -1.78. The molecule has 1 saturated heterocycles. The summed E-state index contributed by atoms with van der Waals surface area (Å²) in [6, 6.07) is 0. The highest BCUT2D eigenvalue weighted by atomic mass is 32.2. The Morgan fingerprint density at radius 2 is 2.08 bits per heavy atom. The smallest absolute Gasteiger partial charge is 0.262 e. The molecular weight excluding hydrogens is 358 g/mol. The minimum Gasteiger partial charge on any atom is -0.379 e. The standard InChI is InChI=1S/C16H25N5O4S/c1-11(2)7-20-8-13(17-10-20)26(23,24)21-6-5-16(22,9-21)15-18-14(12(3)4)19-25-15/h8,10-12,22H,5-7,9H2,1-4H3/t16-/m0/s1. The first-order valence-corrected chi connectivity index (χ1v) is 10.1. The Morgan fingerprint density at radius 3 is 2.69 bits per heavy atom. The molecule has 0 unspecified atom stereocenters. The van der Waals surface area contributed by atoms with Gasteiger partial charge in [0.1, 0.15) is 0 Å². The van der Waals surface area contributed by atoms with Crippen LogP contribution in [0.2, 0.25) is 0 Å². The number of nitrogens with zero attached hydrogens (tertiary/aromatic N) is 5. The van der Waals surface area contributed by atoms with E-state index in [9.17, 15) is 13.5 Å². The quantitative estimate of drug-likeness (QED) is 0.800. The zero-order valence-corrected chi connectivity index (χ0v) is 16.3. The normalized spacial score (nSPS) is 22.0. The third-order valence-electron chi connectivity index (χ3n) is 4.36. The Labute approximate surface area is 153 Å². The number of rotatable bonds is 6. The third-order valence-corrected chi connectivity index (χ3v) is 6.09. The van der Waals surface area contributed by atoms with Gasteiger partial charge < -0.3 is 14.2 Å². The van der Waals surface area contributed by atoms with E-state index < -0.39 is 15.6 Å². The van der Waals surface area contributed by atoms with Crippen LogP contribution in [0.4, 0.5) is 0 Å². The molecule has 1 atom stereocenters. The molecule has 10 heteroatoms. The van der Waals surface area contributed by atoms with E-state index in [0.29, 0.717) is 18.3 Å². The van der Waals surface area contributed by atoms with Gasteiger partial charge in [-0.3, -0.25) is 0 Å². The van der Waals surface area contributed by atoms with Crippen LogP contribution in [0.5, 0.6) is 0 Å². The second kappa shape index (κ2) is 6.75. The van der Waals surface area contributed by atoms with E-state index in [1.807, 2.05) is 27.7 Å². The van der Waals surface area contributed by atoms with Crippen molar-refractivity contribution >= 4 is 10.0 Å². The zero-order chi connectivity index (χ0) is 19.1. The minimum absolute atomic E-state index is 0.0178. The molecule has 26 heavy (non-hydrogen) atoms. The zero-order valence-electron chi connectivity index (χ0n) is 15.5. The summed E-state index contributed by atoms with van der Waals surface area (Å²) in [4.78, 5) is 8.25. The van der Waals surface area contributed by atoms with Gasteiger partial charge in [-0.15, -0.1) is 0 Å². The van der Waals surface area contributed by atoms with Crippen LogP contribution in [0.3, 0.4) is 0 Å². The second-order valence-electron chi connectivity index (χ2n) is 7.54. The highest BCUT2D eigenvalue weighted by molar-refractivity contribution is 7.89. The van der Waals surface area contributed by atoms with Gasteiger partial charge in [0.05, 0.1) is 12.9 Å². The van der Waals surface area contributed by atoms with Crippen LogP contribution in [-0.2, 0) is 22.2 Å². The Balaban J connectivity index is 1.79. The van der Waals surface area contributed by atoms with Crippen molar-refractivity contribution in [3.8, 4) is 0 Å². The van der Waals surface area contributed by atoms with Crippen molar-refractivity contribution in [2.24, 2.45) is 5.92 Å². The Bertz CT molecular complexity index is 873. The van der Waals surface area contributed by atoms with Gasteiger partial charge in [-0.1, -0.05) is 32.9 Å². The van der Waals surface area contributed by atoms with Crippen LogP contribution in [0.1, 0.15) is 51.7 Å². The molecule has 0 aliphatic carbocycles. The lowest BCUT2D eigenvalue weighted by Crippen LogP contribution is -2.34. The number of hydrogen-bond donors (Lipinski definition) is 1. The maximum Gasteiger partial charge on any atom is 0.262 e. The molecule has 1 aliphatic rings. The van der Waals surface area contributed by atoms with Crippen molar-refractivity contribution in [2.75, 3.05) is 13.1 Å². The lowest BCUT2D eigenvalue weighted by molar-refractivity contribution is 0.0194. The molecule has 0 saturated carbocycles. The fourth-order valence-corrected chi connectivity index (χ4v) is 4.35. The summed E-state index contributed by atoms with van der Waals surface area (Å²) in [6.45, 7) is 8.64. The van der Waals surface area contributed by atoms with E-state index in [2.05, 4.69) is 15.1 Å². The second-order valence-corrected chi connectivity index (χ2v) is 9.42. The number of β-amino-alcohol motifs (C(OH)–C–C–N with tert-alkyl or cyclic N) is 1. The molecule has 0 spiro atoms. The molecule has 144 valence electrons. The summed E-state index contributed by atoms with van der Waals surface area (Å²) in [7, 11) is -3.79. The van der Waals surface area contributed by atoms with Crippen LogP contribution in [0.25, 0.3) is 0 Å². The highest BCUT2D eigenvalue weighted by Gasteiger charge is 2.47. The lowest BCUT2D eigenvalue weighted by Gasteiger charge is -2.18. The van der Waals surface area contributed by atoms with Gasteiger partial charge in [0.25, 0.3) is 15.9 Å². The van der Waals surface area contributed by atoms with Crippen molar-refractivity contribution in [3.63, 3.8) is 0 Å². The van der Waals surface area contributed by atoms with E-state index in [1.54, 1.807) is 4.57 Å². The molecule has 9 nitrogen and oxygen atoms in total. The molecule has 0 radical (unpaired) electrons. The van der Waals surface area contributed by atoms with E-state index in [1.165, 1.54) is 16.8 Å². The molecule has 3 heterocycles. The molecular formula is C16H25N5O4S. The fourth-order valence-electron chi connectivity index (χ4n) is 2.92. The van der Waals surface area contributed by atoms with Crippen molar-refractivity contribution in [2.45, 2.75) is 57.2 Å². The molecule has 1 N–H and O–H groups in total. The number of aromatic nitrogens is 4. The van der Waals surface area contributed by atoms with Crippen LogP contribution in [0.15, 0.2) is 22.1 Å². The summed E-state index contributed by atoms with van der Waals surface area (Å²) in [6.07, 6.45) is 3.23. The number of hydrogen-bond acceptors (Lipinski definition) is 7. The molecule has 0 aromatic carbocycles. The Morgan fingerprint density at radius 1 is 1.35 bits per heavy atom. The highest BCUT2D eigenvalue weighted by Crippen LogP contribution is 2.34. The van der Waals surface area contributed by atoms with Crippen molar-refractivity contribution in [1.82, 2.24) is 24.0 Å². The van der Waals surface area contributed by atoms with E-state index in [-0.39, 0.29) is 36.3 Å². The van der Waals surface area contributed by atoms with Crippen LogP contribution < -0.4 is 0 Å². The van der Waals surface area contributed by atoms with Gasteiger partial charge in [0.2, 0.25) is 0 Å². The first kappa shape index (κ1) is 19.0. The van der Waals surface area contributed by atoms with E-state index in [0.717, 1.165) is 0 Å². The van der Waals surface area contributed by atoms with E-state index >= 15 is 0 Å². The van der Waals surface area contributed by atoms with Gasteiger partial charge in [0, 0.05) is 31.6 Å². The largest absolute Gasteiger partial charge is 0.379 e. The molecule has 3 rings (SSSR count). The molecule has 0 bridgehead atoms. The molecule has 1 aliphatic heterocycles. The topological polar surface area (TPSA) is 114 Å². The summed E-state index contributed by atoms with van der Waals surface area (Å²) < 4.78 is 33.8. The summed E-state index contributed by atoms with van der Waals surface area (Å²) >= 11 is 0. The predicted molar refractivity (Wildman–Crippen MR) is 92.7 cm³/mol. The van der Waals surface area contributed by atoms with E-state index in [4.69, 9.17) is 4.52 Å². The van der Waals surface area contributed by atoms with Gasteiger partial charge >= 0.3 is 0 Å². The van der Waals surface area contributed by atoms with Gasteiger partial charge in [-0.05, 0) is 5.92 Å². The molecule has 0 amide bonds. The fraction of sp³-hybridized carbons (Fsp3) is 0.688. The van der Waals surface area contributed by atoms with Crippen LogP contribution in [-0.4, -0.2) is 50.6 Å². The van der Waals surface area contributed by atoms with Gasteiger partial charge in [0.15, 0.2) is 16.5 Å². The monoisotopic (exact) mass is 383 g/mol. The van der Waals surface area contributed by atoms with Crippen LogP contribution >= 0.6 is 0 Å².